The summed E-state index contributed by atoms with van der Waals surface area (Å²) in [6.07, 6.45) is 0. The summed E-state index contributed by atoms with van der Waals surface area (Å²) in [5, 5.41) is 0.531. The zero-order chi connectivity index (χ0) is 19.1. The Morgan fingerprint density at radius 3 is 2.19 bits per heavy atom. The molecule has 140 valence electrons. The van der Waals surface area contributed by atoms with Crippen molar-refractivity contribution >= 4 is 17.5 Å². The third-order valence-electron chi connectivity index (χ3n) is 3.80. The fourth-order valence-corrected chi connectivity index (χ4v) is 2.55. The Hall–Kier alpha value is -2.60. The monoisotopic (exact) mass is 379 g/mol. The van der Waals surface area contributed by atoms with Gasteiger partial charge in [0.1, 0.15) is 18.1 Å². The van der Waals surface area contributed by atoms with Gasteiger partial charge in [-0.15, -0.1) is 0 Å². The average Bonchev–Trinajstić information content (AvgIpc) is 2.67. The third-order valence-corrected chi connectivity index (χ3v) is 4.12. The van der Waals surface area contributed by atoms with Crippen molar-refractivity contribution in [3.05, 3.63) is 47.0 Å². The maximum Gasteiger partial charge on any atom is 0.257 e. The smallest absolute Gasteiger partial charge is 0.257 e. The van der Waals surface area contributed by atoms with Gasteiger partial charge in [0.2, 0.25) is 0 Å². The highest BCUT2D eigenvalue weighted by Gasteiger charge is 2.20. The van der Waals surface area contributed by atoms with Gasteiger partial charge in [0.25, 0.3) is 5.91 Å². The molecule has 0 bridgehead atoms. The van der Waals surface area contributed by atoms with Crippen LogP contribution < -0.4 is 18.9 Å². The van der Waals surface area contributed by atoms with Crippen LogP contribution in [-0.4, -0.2) is 52.3 Å². The van der Waals surface area contributed by atoms with Gasteiger partial charge in [-0.2, -0.15) is 0 Å². The molecule has 26 heavy (non-hydrogen) atoms. The Balaban J connectivity index is 2.08. The summed E-state index contributed by atoms with van der Waals surface area (Å²) in [5.41, 5.74) is 0.380. The Morgan fingerprint density at radius 1 is 0.962 bits per heavy atom. The van der Waals surface area contributed by atoms with Crippen LogP contribution in [0.15, 0.2) is 36.4 Å². The number of hydrogen-bond donors (Lipinski definition) is 0. The molecule has 0 radical (unpaired) electrons. The molecule has 0 spiro atoms. The number of benzene rings is 2. The number of likely N-dealkylation sites (N-methyl/N-ethyl adjacent to an activating group) is 1. The van der Waals surface area contributed by atoms with Crippen molar-refractivity contribution < 1.29 is 23.7 Å². The second kappa shape index (κ2) is 9.20. The molecule has 7 heteroatoms. The SMILES string of the molecule is COc1cc(OC)c(C(=O)N(C)CCOc2ccccc2Cl)cc1OC. The van der Waals surface area contributed by atoms with Crippen molar-refractivity contribution in [1.82, 2.24) is 4.90 Å². The zero-order valence-corrected chi connectivity index (χ0v) is 16.0. The van der Waals surface area contributed by atoms with E-state index >= 15 is 0 Å². The van der Waals surface area contributed by atoms with Crippen molar-refractivity contribution in [2.45, 2.75) is 0 Å². The van der Waals surface area contributed by atoms with E-state index in [0.29, 0.717) is 46.7 Å². The summed E-state index contributed by atoms with van der Waals surface area (Å²) < 4.78 is 21.5. The van der Waals surface area contributed by atoms with Crippen LogP contribution in [0.1, 0.15) is 10.4 Å². The Bertz CT molecular complexity index is 766. The maximum atomic E-state index is 12.8. The largest absolute Gasteiger partial charge is 0.496 e. The number of amides is 1. The van der Waals surface area contributed by atoms with Crippen molar-refractivity contribution in [3.8, 4) is 23.0 Å². The van der Waals surface area contributed by atoms with E-state index < -0.39 is 0 Å². The van der Waals surface area contributed by atoms with Crippen LogP contribution in [-0.2, 0) is 0 Å². The van der Waals surface area contributed by atoms with E-state index in [1.165, 1.54) is 21.3 Å². The van der Waals surface area contributed by atoms with E-state index in [4.69, 9.17) is 30.5 Å². The maximum absolute atomic E-state index is 12.8. The van der Waals surface area contributed by atoms with Gasteiger partial charge in [-0.1, -0.05) is 23.7 Å². The van der Waals surface area contributed by atoms with E-state index in [9.17, 15) is 4.79 Å². The normalized spacial score (nSPS) is 10.2. The lowest BCUT2D eigenvalue weighted by atomic mass is 10.1. The Kier molecular flexibility index (Phi) is 6.97. The van der Waals surface area contributed by atoms with Crippen molar-refractivity contribution in [1.29, 1.82) is 0 Å². The van der Waals surface area contributed by atoms with Crippen LogP contribution in [0.5, 0.6) is 23.0 Å². The fraction of sp³-hybridized carbons (Fsp3) is 0.316. The van der Waals surface area contributed by atoms with Gasteiger partial charge in [0.15, 0.2) is 11.5 Å². The molecule has 0 fully saturated rings. The number of rotatable bonds is 8. The second-order valence-corrected chi connectivity index (χ2v) is 5.82. The van der Waals surface area contributed by atoms with Gasteiger partial charge < -0.3 is 23.8 Å². The lowest BCUT2D eigenvalue weighted by Crippen LogP contribution is -2.31. The first-order valence-corrected chi connectivity index (χ1v) is 8.32. The van der Waals surface area contributed by atoms with Crippen molar-refractivity contribution in [3.63, 3.8) is 0 Å². The van der Waals surface area contributed by atoms with Crippen molar-refractivity contribution in [2.75, 3.05) is 41.5 Å². The summed E-state index contributed by atoms with van der Waals surface area (Å²) in [6, 6.07) is 10.4. The summed E-state index contributed by atoms with van der Waals surface area (Å²) in [5.74, 6) is 1.72. The molecule has 2 aromatic rings. The molecule has 0 aliphatic rings. The second-order valence-electron chi connectivity index (χ2n) is 5.41. The molecule has 0 aliphatic heterocycles. The van der Waals surface area contributed by atoms with Gasteiger partial charge in [-0.25, -0.2) is 0 Å². The molecule has 6 nitrogen and oxygen atoms in total. The average molecular weight is 380 g/mol. The minimum atomic E-state index is -0.217. The lowest BCUT2D eigenvalue weighted by Gasteiger charge is -2.20. The van der Waals surface area contributed by atoms with Crippen LogP contribution in [0.4, 0.5) is 0 Å². The number of nitrogens with zero attached hydrogens (tertiary/aromatic N) is 1. The number of methoxy groups -OCH3 is 3. The summed E-state index contributed by atoms with van der Waals surface area (Å²) in [7, 11) is 6.23. The number of carbonyl (C=O) groups excluding carboxylic acids is 1. The molecule has 0 aromatic heterocycles. The number of ether oxygens (including phenoxy) is 4. The van der Waals surface area contributed by atoms with E-state index in [0.717, 1.165) is 0 Å². The quantitative estimate of drug-likeness (QED) is 0.702. The molecule has 0 unspecified atom stereocenters. The summed E-state index contributed by atoms with van der Waals surface area (Å²) in [4.78, 5) is 14.3. The van der Waals surface area contributed by atoms with Gasteiger partial charge in [0.05, 0.1) is 38.5 Å². The van der Waals surface area contributed by atoms with Crippen LogP contribution in [0.2, 0.25) is 5.02 Å². The lowest BCUT2D eigenvalue weighted by molar-refractivity contribution is 0.0770. The van der Waals surface area contributed by atoms with Crippen LogP contribution in [0.25, 0.3) is 0 Å². The first-order valence-electron chi connectivity index (χ1n) is 7.94. The van der Waals surface area contributed by atoms with Gasteiger partial charge >= 0.3 is 0 Å². The molecular formula is C19H22ClNO5. The third kappa shape index (κ3) is 4.52. The number of hydrogen-bond acceptors (Lipinski definition) is 5. The Labute approximate surface area is 158 Å². The molecule has 0 saturated heterocycles. The molecule has 0 atom stereocenters. The van der Waals surface area contributed by atoms with E-state index in [2.05, 4.69) is 0 Å². The molecule has 1 amide bonds. The first-order chi connectivity index (χ1) is 12.5. The molecule has 0 aliphatic carbocycles. The molecular weight excluding hydrogens is 358 g/mol. The van der Waals surface area contributed by atoms with Crippen LogP contribution >= 0.6 is 11.6 Å². The zero-order valence-electron chi connectivity index (χ0n) is 15.2. The predicted octanol–water partition coefficient (Wildman–Crippen LogP) is 3.52. The van der Waals surface area contributed by atoms with Gasteiger partial charge in [-0.3, -0.25) is 4.79 Å². The number of carbonyl (C=O) groups is 1. The first kappa shape index (κ1) is 19.7. The fourth-order valence-electron chi connectivity index (χ4n) is 2.36. The van der Waals surface area contributed by atoms with E-state index in [-0.39, 0.29) is 5.91 Å². The molecule has 0 heterocycles. The predicted molar refractivity (Wildman–Crippen MR) is 100 cm³/mol. The van der Waals surface area contributed by atoms with Crippen LogP contribution in [0.3, 0.4) is 0 Å². The summed E-state index contributed by atoms with van der Waals surface area (Å²) in [6.45, 7) is 0.684. The molecule has 2 rings (SSSR count). The highest BCUT2D eigenvalue weighted by Crippen LogP contribution is 2.35. The molecule has 2 aromatic carbocycles. The van der Waals surface area contributed by atoms with Crippen LogP contribution in [0, 0.1) is 0 Å². The van der Waals surface area contributed by atoms with Gasteiger partial charge in [0, 0.05) is 19.2 Å². The highest BCUT2D eigenvalue weighted by atomic mass is 35.5. The Morgan fingerprint density at radius 2 is 1.58 bits per heavy atom. The number of para-hydroxylation sites is 1. The minimum absolute atomic E-state index is 0.217. The topological polar surface area (TPSA) is 57.2 Å². The number of halogens is 1. The van der Waals surface area contributed by atoms with E-state index in [1.807, 2.05) is 12.1 Å². The van der Waals surface area contributed by atoms with E-state index in [1.54, 1.807) is 36.2 Å². The molecule has 0 N–H and O–H groups in total. The van der Waals surface area contributed by atoms with Crippen molar-refractivity contribution in [2.24, 2.45) is 0 Å². The standard InChI is InChI=1S/C19H22ClNO5/c1-21(9-10-26-15-8-6-5-7-14(15)20)19(22)13-11-17(24-3)18(25-4)12-16(13)23-2/h5-8,11-12H,9-10H2,1-4H3. The minimum Gasteiger partial charge on any atom is -0.496 e. The van der Waals surface area contributed by atoms with Gasteiger partial charge in [-0.05, 0) is 12.1 Å². The summed E-state index contributed by atoms with van der Waals surface area (Å²) >= 11 is 6.05. The highest BCUT2D eigenvalue weighted by molar-refractivity contribution is 6.32. The molecule has 0 saturated carbocycles.